The molecule has 4 rings (SSSR count). The van der Waals surface area contributed by atoms with Gasteiger partial charge in [-0.05, 0) is 55.4 Å². The average molecular weight is 419 g/mol. The van der Waals surface area contributed by atoms with Crippen molar-refractivity contribution in [1.29, 1.82) is 0 Å². The molecule has 162 valence electrons. The van der Waals surface area contributed by atoms with Gasteiger partial charge in [-0.3, -0.25) is 9.59 Å². The summed E-state index contributed by atoms with van der Waals surface area (Å²) in [5.74, 6) is 0.860. The van der Waals surface area contributed by atoms with E-state index in [1.165, 1.54) is 4.90 Å². The fourth-order valence-corrected chi connectivity index (χ4v) is 5.03. The first-order chi connectivity index (χ1) is 14.8. The lowest BCUT2D eigenvalue weighted by molar-refractivity contribution is -0.120. The van der Waals surface area contributed by atoms with E-state index < -0.39 is 0 Å². The van der Waals surface area contributed by atoms with Crippen LogP contribution < -0.4 is 9.64 Å². The van der Waals surface area contributed by atoms with E-state index >= 15 is 0 Å². The van der Waals surface area contributed by atoms with Crippen LogP contribution in [-0.2, 0) is 9.59 Å². The molecule has 5 nitrogen and oxygen atoms in total. The molecule has 0 N–H and O–H groups in total. The number of carbonyl (C=O) groups excluding carboxylic acids is 2. The summed E-state index contributed by atoms with van der Waals surface area (Å²) in [6.45, 7) is 9.99. The van der Waals surface area contributed by atoms with E-state index in [-0.39, 0.29) is 11.8 Å². The quantitative estimate of drug-likeness (QED) is 0.683. The normalized spacial score (nSPS) is 21.8. The lowest BCUT2D eigenvalue weighted by atomic mass is 9.90. The molecule has 0 radical (unpaired) electrons. The molecule has 2 aliphatic heterocycles. The molecule has 0 spiro atoms. The molecule has 2 aliphatic rings. The van der Waals surface area contributed by atoms with E-state index in [1.54, 1.807) is 19.2 Å². The van der Waals surface area contributed by atoms with Crippen molar-refractivity contribution in [3.63, 3.8) is 0 Å². The average Bonchev–Trinajstić information content (AvgIpc) is 2.97. The van der Waals surface area contributed by atoms with Gasteiger partial charge < -0.3 is 9.64 Å². The maximum absolute atomic E-state index is 13.8. The molecular weight excluding hydrogens is 388 g/mol. The summed E-state index contributed by atoms with van der Waals surface area (Å²) in [6.07, 6.45) is 1.13. The van der Waals surface area contributed by atoms with Crippen LogP contribution in [0.5, 0.6) is 5.75 Å². The van der Waals surface area contributed by atoms with Crippen molar-refractivity contribution in [2.45, 2.75) is 34.1 Å². The minimum atomic E-state index is -0.290. The van der Waals surface area contributed by atoms with Gasteiger partial charge in [-0.15, -0.1) is 0 Å². The summed E-state index contributed by atoms with van der Waals surface area (Å²) < 4.78 is 5.47. The van der Waals surface area contributed by atoms with Gasteiger partial charge in [0.15, 0.2) is 0 Å². The third-order valence-electron chi connectivity index (χ3n) is 6.22. The molecule has 0 saturated carbocycles. The van der Waals surface area contributed by atoms with Crippen molar-refractivity contribution < 1.29 is 14.3 Å². The number of para-hydroxylation sites is 2. The van der Waals surface area contributed by atoms with Crippen molar-refractivity contribution in [2.75, 3.05) is 25.1 Å². The third-order valence-corrected chi connectivity index (χ3v) is 6.22. The van der Waals surface area contributed by atoms with Crippen molar-refractivity contribution in [3.05, 3.63) is 64.9 Å². The molecule has 1 saturated heterocycles. The van der Waals surface area contributed by atoms with Crippen LogP contribution in [0.15, 0.2) is 48.2 Å². The van der Waals surface area contributed by atoms with Crippen LogP contribution in [0.4, 0.5) is 5.69 Å². The van der Waals surface area contributed by atoms with Crippen molar-refractivity contribution in [2.24, 2.45) is 11.8 Å². The number of hydrogen-bond donors (Lipinski definition) is 0. The van der Waals surface area contributed by atoms with Gasteiger partial charge in [0, 0.05) is 13.1 Å². The summed E-state index contributed by atoms with van der Waals surface area (Å²) in [4.78, 5) is 31.0. The molecule has 5 heteroatoms. The van der Waals surface area contributed by atoms with Crippen molar-refractivity contribution in [3.8, 4) is 5.75 Å². The predicted octanol–water partition coefficient (Wildman–Crippen LogP) is 4.57. The van der Waals surface area contributed by atoms with Crippen LogP contribution in [0.25, 0.3) is 5.57 Å². The molecule has 2 amide bonds. The number of methoxy groups -OCH3 is 1. The Labute approximate surface area is 184 Å². The highest BCUT2D eigenvalue weighted by Crippen LogP contribution is 2.40. The second-order valence-corrected chi connectivity index (χ2v) is 9.01. The number of likely N-dealkylation sites (tertiary alicyclic amines) is 1. The van der Waals surface area contributed by atoms with Crippen molar-refractivity contribution in [1.82, 2.24) is 4.90 Å². The minimum absolute atomic E-state index is 0.272. The standard InChI is InChI=1S/C26H30N2O3/c1-16-10-11-20(19(4)13-16)23-24(27-14-17(2)12-18(3)15-27)26(30)28(25(23)29)21-8-6-7-9-22(21)31-5/h6-11,13,17-18H,12,14-15H2,1-5H3. The first-order valence-corrected chi connectivity index (χ1v) is 10.9. The number of benzene rings is 2. The van der Waals surface area contributed by atoms with Crippen LogP contribution >= 0.6 is 0 Å². The van der Waals surface area contributed by atoms with E-state index in [4.69, 9.17) is 4.74 Å². The number of rotatable bonds is 4. The van der Waals surface area contributed by atoms with Gasteiger partial charge in [0.2, 0.25) is 0 Å². The van der Waals surface area contributed by atoms with Gasteiger partial charge in [-0.25, -0.2) is 4.90 Å². The topological polar surface area (TPSA) is 49.9 Å². The second-order valence-electron chi connectivity index (χ2n) is 9.01. The number of aryl methyl sites for hydroxylation is 2. The summed E-state index contributed by atoms with van der Waals surface area (Å²) in [7, 11) is 1.55. The Balaban J connectivity index is 1.89. The molecule has 0 aromatic heterocycles. The highest BCUT2D eigenvalue weighted by molar-refractivity contribution is 6.45. The fourth-order valence-electron chi connectivity index (χ4n) is 5.03. The van der Waals surface area contributed by atoms with E-state index in [9.17, 15) is 9.59 Å². The maximum atomic E-state index is 13.8. The first-order valence-electron chi connectivity index (χ1n) is 10.9. The lowest BCUT2D eigenvalue weighted by Gasteiger charge is -2.37. The number of amides is 2. The second kappa shape index (κ2) is 8.22. The Morgan fingerprint density at radius 1 is 0.935 bits per heavy atom. The van der Waals surface area contributed by atoms with Gasteiger partial charge in [0.25, 0.3) is 11.8 Å². The smallest absolute Gasteiger partial charge is 0.282 e. The number of hydrogen-bond acceptors (Lipinski definition) is 4. The van der Waals surface area contributed by atoms with E-state index in [2.05, 4.69) is 24.8 Å². The first kappa shape index (κ1) is 21.2. The number of imide groups is 1. The van der Waals surface area contributed by atoms with Crippen molar-refractivity contribution >= 4 is 23.1 Å². The highest BCUT2D eigenvalue weighted by Gasteiger charge is 2.44. The molecule has 0 aliphatic carbocycles. The number of carbonyl (C=O) groups is 2. The number of piperidine rings is 1. The molecule has 2 aromatic rings. The molecule has 0 bridgehead atoms. The molecule has 31 heavy (non-hydrogen) atoms. The minimum Gasteiger partial charge on any atom is -0.495 e. The summed E-state index contributed by atoms with van der Waals surface area (Å²) >= 11 is 0. The van der Waals surface area contributed by atoms with Crippen LogP contribution in [0.3, 0.4) is 0 Å². The summed E-state index contributed by atoms with van der Waals surface area (Å²) in [5, 5.41) is 0. The zero-order valence-electron chi connectivity index (χ0n) is 18.9. The van der Waals surface area contributed by atoms with Crippen LogP contribution in [0.1, 0.15) is 37.0 Å². The molecule has 2 aromatic carbocycles. The van der Waals surface area contributed by atoms with Gasteiger partial charge >= 0.3 is 0 Å². The van der Waals surface area contributed by atoms with Gasteiger partial charge in [0.1, 0.15) is 11.4 Å². The van der Waals surface area contributed by atoms with E-state index in [0.29, 0.717) is 34.5 Å². The lowest BCUT2D eigenvalue weighted by Crippen LogP contribution is -2.42. The van der Waals surface area contributed by atoms with Gasteiger partial charge in [0.05, 0.1) is 18.4 Å². The zero-order chi connectivity index (χ0) is 22.3. The molecule has 2 heterocycles. The van der Waals surface area contributed by atoms with Crippen LogP contribution in [0.2, 0.25) is 0 Å². The SMILES string of the molecule is COc1ccccc1N1C(=O)C(c2ccc(C)cc2C)=C(N2CC(C)CC(C)C2)C1=O. The Kier molecular flexibility index (Phi) is 5.61. The molecular formula is C26H30N2O3. The molecule has 2 unspecified atom stereocenters. The monoisotopic (exact) mass is 418 g/mol. The largest absolute Gasteiger partial charge is 0.495 e. The number of ether oxygens (including phenoxy) is 1. The Morgan fingerprint density at radius 3 is 2.26 bits per heavy atom. The summed E-state index contributed by atoms with van der Waals surface area (Å²) in [5.41, 5.74) is 4.43. The maximum Gasteiger partial charge on any atom is 0.282 e. The molecule has 1 fully saturated rings. The molecule has 2 atom stereocenters. The third kappa shape index (κ3) is 3.73. The Morgan fingerprint density at radius 2 is 1.61 bits per heavy atom. The van der Waals surface area contributed by atoms with Gasteiger partial charge in [-0.1, -0.05) is 49.7 Å². The van der Waals surface area contributed by atoms with Crippen LogP contribution in [-0.4, -0.2) is 36.9 Å². The fraction of sp³-hybridized carbons (Fsp3) is 0.385. The predicted molar refractivity (Wildman–Crippen MR) is 123 cm³/mol. The summed E-state index contributed by atoms with van der Waals surface area (Å²) in [6, 6.07) is 13.2. The van der Waals surface area contributed by atoms with E-state index in [0.717, 1.165) is 36.2 Å². The number of anilines is 1. The Bertz CT molecular complexity index is 1060. The highest BCUT2D eigenvalue weighted by atomic mass is 16.5. The Hall–Kier alpha value is -3.08. The van der Waals surface area contributed by atoms with E-state index in [1.807, 2.05) is 38.1 Å². The van der Waals surface area contributed by atoms with Crippen LogP contribution in [0, 0.1) is 25.7 Å². The van der Waals surface area contributed by atoms with Gasteiger partial charge in [-0.2, -0.15) is 0 Å². The number of nitrogens with zero attached hydrogens (tertiary/aromatic N) is 2. The zero-order valence-corrected chi connectivity index (χ0v) is 18.9.